The van der Waals surface area contributed by atoms with Crippen LogP contribution in [0.3, 0.4) is 0 Å². The van der Waals surface area contributed by atoms with Gasteiger partial charge in [0.15, 0.2) is 0 Å². The zero-order valence-corrected chi connectivity index (χ0v) is 16.5. The molecular formula is C23H28N2O3. The number of ether oxygens (including phenoxy) is 2. The molecule has 1 amide bonds. The standard InChI is InChI=1S/C23H28N2O3/c1-24-13-10-19(11-14-24)16-27-22-9-5-8-21-20(22)12-15-25(21)23(26)28-17-18-6-3-2-4-7-18/h2-9,19H,10-17H2,1H3. The Morgan fingerprint density at radius 1 is 1.04 bits per heavy atom. The van der Waals surface area contributed by atoms with E-state index in [1.807, 2.05) is 48.5 Å². The van der Waals surface area contributed by atoms with Crippen LogP contribution in [0, 0.1) is 5.92 Å². The lowest BCUT2D eigenvalue weighted by molar-refractivity contribution is 0.147. The smallest absolute Gasteiger partial charge is 0.414 e. The molecule has 1 saturated heterocycles. The monoisotopic (exact) mass is 380 g/mol. The molecule has 4 rings (SSSR count). The average molecular weight is 380 g/mol. The Labute approximate surface area is 166 Å². The summed E-state index contributed by atoms with van der Waals surface area (Å²) in [7, 11) is 2.17. The van der Waals surface area contributed by atoms with Crippen LogP contribution < -0.4 is 9.64 Å². The van der Waals surface area contributed by atoms with Crippen molar-refractivity contribution in [2.75, 3.05) is 38.2 Å². The quantitative estimate of drug-likeness (QED) is 0.783. The first kappa shape index (κ1) is 18.8. The second-order valence-corrected chi connectivity index (χ2v) is 7.75. The number of benzene rings is 2. The predicted molar refractivity (Wildman–Crippen MR) is 110 cm³/mol. The Kier molecular flexibility index (Phi) is 5.81. The van der Waals surface area contributed by atoms with E-state index in [1.54, 1.807) is 4.90 Å². The molecule has 0 aliphatic carbocycles. The Morgan fingerprint density at radius 2 is 1.82 bits per heavy atom. The van der Waals surface area contributed by atoms with Crippen LogP contribution in [0.25, 0.3) is 0 Å². The van der Waals surface area contributed by atoms with E-state index in [0.717, 1.165) is 48.7 Å². The van der Waals surface area contributed by atoms with E-state index in [4.69, 9.17) is 9.47 Å². The summed E-state index contributed by atoms with van der Waals surface area (Å²) in [6, 6.07) is 15.7. The van der Waals surface area contributed by atoms with Crippen LogP contribution in [0.5, 0.6) is 5.75 Å². The number of hydrogen-bond donors (Lipinski definition) is 0. The fraction of sp³-hybridized carbons (Fsp3) is 0.435. The molecule has 2 aliphatic heterocycles. The van der Waals surface area contributed by atoms with Gasteiger partial charge in [-0.25, -0.2) is 4.79 Å². The van der Waals surface area contributed by atoms with Gasteiger partial charge in [0.05, 0.1) is 12.3 Å². The molecule has 0 unspecified atom stereocenters. The molecule has 2 heterocycles. The minimum Gasteiger partial charge on any atom is -0.493 e. The van der Waals surface area contributed by atoms with Crippen LogP contribution in [-0.4, -0.2) is 44.3 Å². The maximum atomic E-state index is 12.6. The van der Waals surface area contributed by atoms with E-state index in [2.05, 4.69) is 11.9 Å². The normalized spacial score (nSPS) is 17.4. The largest absolute Gasteiger partial charge is 0.493 e. The summed E-state index contributed by atoms with van der Waals surface area (Å²) >= 11 is 0. The van der Waals surface area contributed by atoms with E-state index in [1.165, 1.54) is 12.8 Å². The maximum Gasteiger partial charge on any atom is 0.414 e. The van der Waals surface area contributed by atoms with Gasteiger partial charge in [0, 0.05) is 12.1 Å². The van der Waals surface area contributed by atoms with E-state index in [9.17, 15) is 4.79 Å². The van der Waals surface area contributed by atoms with Crippen molar-refractivity contribution in [3.8, 4) is 5.75 Å². The van der Waals surface area contributed by atoms with Crippen molar-refractivity contribution in [3.63, 3.8) is 0 Å². The van der Waals surface area contributed by atoms with Gasteiger partial charge in [-0.3, -0.25) is 4.90 Å². The summed E-state index contributed by atoms with van der Waals surface area (Å²) in [5.41, 5.74) is 3.02. The number of anilines is 1. The highest BCUT2D eigenvalue weighted by Gasteiger charge is 2.28. The molecular weight excluding hydrogens is 352 g/mol. The van der Waals surface area contributed by atoms with E-state index in [-0.39, 0.29) is 12.7 Å². The first-order chi connectivity index (χ1) is 13.7. The second kappa shape index (κ2) is 8.65. The van der Waals surface area contributed by atoms with Gasteiger partial charge in [0.1, 0.15) is 12.4 Å². The molecule has 5 nitrogen and oxygen atoms in total. The van der Waals surface area contributed by atoms with E-state index >= 15 is 0 Å². The Hall–Kier alpha value is -2.53. The molecule has 5 heteroatoms. The van der Waals surface area contributed by atoms with Gasteiger partial charge in [0.25, 0.3) is 0 Å². The average Bonchev–Trinajstić information content (AvgIpc) is 3.17. The maximum absolute atomic E-state index is 12.6. The summed E-state index contributed by atoms with van der Waals surface area (Å²) < 4.78 is 11.7. The third-order valence-corrected chi connectivity index (χ3v) is 5.72. The number of fused-ring (bicyclic) bond motifs is 1. The van der Waals surface area contributed by atoms with Crippen LogP contribution in [0.4, 0.5) is 10.5 Å². The van der Waals surface area contributed by atoms with Gasteiger partial charge in [0.2, 0.25) is 0 Å². The molecule has 2 aliphatic rings. The van der Waals surface area contributed by atoms with Crippen molar-refractivity contribution in [3.05, 3.63) is 59.7 Å². The van der Waals surface area contributed by atoms with Gasteiger partial charge in [-0.05, 0) is 63.0 Å². The fourth-order valence-corrected chi connectivity index (χ4v) is 3.96. The molecule has 148 valence electrons. The zero-order chi connectivity index (χ0) is 19.3. The van der Waals surface area contributed by atoms with Gasteiger partial charge >= 0.3 is 6.09 Å². The van der Waals surface area contributed by atoms with Gasteiger partial charge in [-0.15, -0.1) is 0 Å². The lowest BCUT2D eigenvalue weighted by atomic mass is 9.98. The number of carbonyl (C=O) groups is 1. The summed E-state index contributed by atoms with van der Waals surface area (Å²) in [5, 5.41) is 0. The second-order valence-electron chi connectivity index (χ2n) is 7.75. The van der Waals surface area contributed by atoms with Gasteiger partial charge in [-0.1, -0.05) is 36.4 Å². The number of carbonyl (C=O) groups excluding carboxylic acids is 1. The van der Waals surface area contributed by atoms with Crippen LogP contribution in [-0.2, 0) is 17.8 Å². The Balaban J connectivity index is 1.37. The number of nitrogens with zero attached hydrogens (tertiary/aromatic N) is 2. The number of rotatable bonds is 5. The fourth-order valence-electron chi connectivity index (χ4n) is 3.96. The number of hydrogen-bond acceptors (Lipinski definition) is 4. The lowest BCUT2D eigenvalue weighted by Crippen LogP contribution is -2.32. The predicted octanol–water partition coefficient (Wildman–Crippen LogP) is 4.11. The van der Waals surface area contributed by atoms with Crippen LogP contribution in [0.15, 0.2) is 48.5 Å². The number of amides is 1. The number of piperidine rings is 1. The van der Waals surface area contributed by atoms with Crippen molar-refractivity contribution in [2.24, 2.45) is 5.92 Å². The van der Waals surface area contributed by atoms with Crippen LogP contribution in [0.1, 0.15) is 24.0 Å². The molecule has 1 fully saturated rings. The van der Waals surface area contributed by atoms with Crippen molar-refractivity contribution < 1.29 is 14.3 Å². The summed E-state index contributed by atoms with van der Waals surface area (Å²) in [5.74, 6) is 1.52. The third-order valence-electron chi connectivity index (χ3n) is 5.72. The molecule has 0 aromatic heterocycles. The third kappa shape index (κ3) is 4.30. The van der Waals surface area contributed by atoms with E-state index in [0.29, 0.717) is 12.5 Å². The highest BCUT2D eigenvalue weighted by Crippen LogP contribution is 2.36. The van der Waals surface area contributed by atoms with Crippen molar-refractivity contribution in [1.82, 2.24) is 4.90 Å². The van der Waals surface area contributed by atoms with Crippen molar-refractivity contribution in [1.29, 1.82) is 0 Å². The minimum absolute atomic E-state index is 0.290. The molecule has 0 atom stereocenters. The molecule has 0 bridgehead atoms. The molecule has 0 N–H and O–H groups in total. The molecule has 2 aromatic rings. The summed E-state index contributed by atoms with van der Waals surface area (Å²) in [6.07, 6.45) is 2.88. The molecule has 2 aromatic carbocycles. The topological polar surface area (TPSA) is 42.0 Å². The van der Waals surface area contributed by atoms with Crippen LogP contribution in [0.2, 0.25) is 0 Å². The lowest BCUT2D eigenvalue weighted by Gasteiger charge is -2.29. The molecule has 0 spiro atoms. The number of likely N-dealkylation sites (tertiary alicyclic amines) is 1. The van der Waals surface area contributed by atoms with Crippen LogP contribution >= 0.6 is 0 Å². The van der Waals surface area contributed by atoms with E-state index < -0.39 is 0 Å². The summed E-state index contributed by atoms with van der Waals surface area (Å²) in [6.45, 7) is 3.96. The first-order valence-electron chi connectivity index (χ1n) is 10.1. The molecule has 0 radical (unpaired) electrons. The van der Waals surface area contributed by atoms with Gasteiger partial charge in [-0.2, -0.15) is 0 Å². The first-order valence-corrected chi connectivity index (χ1v) is 10.1. The Morgan fingerprint density at radius 3 is 2.61 bits per heavy atom. The molecule has 28 heavy (non-hydrogen) atoms. The SMILES string of the molecule is CN1CCC(COc2cccc3c2CCN3C(=O)OCc2ccccc2)CC1. The van der Waals surface area contributed by atoms with Crippen molar-refractivity contribution >= 4 is 11.8 Å². The minimum atomic E-state index is -0.296. The summed E-state index contributed by atoms with van der Waals surface area (Å²) in [4.78, 5) is 16.7. The van der Waals surface area contributed by atoms with Gasteiger partial charge < -0.3 is 14.4 Å². The highest BCUT2D eigenvalue weighted by atomic mass is 16.6. The van der Waals surface area contributed by atoms with Crippen molar-refractivity contribution in [2.45, 2.75) is 25.9 Å². The highest BCUT2D eigenvalue weighted by molar-refractivity contribution is 5.91. The molecule has 0 saturated carbocycles. The zero-order valence-electron chi connectivity index (χ0n) is 16.5. The Bertz CT molecular complexity index is 801.